The van der Waals surface area contributed by atoms with Gasteiger partial charge < -0.3 is 5.11 Å². The molecular formula is C26H24ClF3N4O. The number of hydrogen-bond acceptors (Lipinski definition) is 4. The molecule has 1 N–H and O–H groups in total. The van der Waals surface area contributed by atoms with Gasteiger partial charge in [-0.1, -0.05) is 41.9 Å². The molecule has 0 bridgehead atoms. The minimum absolute atomic E-state index is 0.0494. The zero-order valence-electron chi connectivity index (χ0n) is 21.7. The average Bonchev–Trinajstić information content (AvgIpc) is 3.35. The average molecular weight is 504 g/mol. The summed E-state index contributed by atoms with van der Waals surface area (Å²) in [5.74, 6) is -2.59. The summed E-state index contributed by atoms with van der Waals surface area (Å²) in [6.45, 7) is -2.28. The molecule has 0 spiro atoms. The highest BCUT2D eigenvalue weighted by Crippen LogP contribution is 2.33. The smallest absolute Gasteiger partial charge is 0.137 e. The molecule has 0 saturated carbocycles. The third-order valence-electron chi connectivity index (χ3n) is 6.00. The third kappa shape index (κ3) is 5.40. The van der Waals surface area contributed by atoms with Crippen LogP contribution in [0.5, 0.6) is 0 Å². The molecule has 0 saturated heterocycles. The van der Waals surface area contributed by atoms with E-state index in [0.29, 0.717) is 16.7 Å². The molecule has 0 unspecified atom stereocenters. The molecule has 0 amide bonds. The van der Waals surface area contributed by atoms with Gasteiger partial charge in [-0.25, -0.2) is 22.8 Å². The van der Waals surface area contributed by atoms with E-state index in [-0.39, 0.29) is 11.1 Å². The number of aromatic nitrogens is 3. The molecule has 4 aromatic rings. The summed E-state index contributed by atoms with van der Waals surface area (Å²) in [6.07, 6.45) is 2.47. The first kappa shape index (κ1) is 21.1. The van der Waals surface area contributed by atoms with E-state index in [1.54, 1.807) is 30.3 Å². The number of hydrogen-bond donors (Lipinski definition) is 1. The molecule has 1 aromatic heterocycles. The molecule has 5 nitrogen and oxygen atoms in total. The molecule has 4 rings (SSSR count). The third-order valence-corrected chi connectivity index (χ3v) is 6.25. The van der Waals surface area contributed by atoms with E-state index < -0.39 is 49.2 Å². The first-order chi connectivity index (χ1) is 17.9. The Bertz CT molecular complexity index is 1400. The van der Waals surface area contributed by atoms with Crippen molar-refractivity contribution >= 4 is 11.6 Å². The van der Waals surface area contributed by atoms with E-state index in [1.165, 1.54) is 36.4 Å². The Morgan fingerprint density at radius 3 is 2.43 bits per heavy atom. The molecular weight excluding hydrogens is 477 g/mol. The summed E-state index contributed by atoms with van der Waals surface area (Å²) in [5.41, 5.74) is -1.23. The predicted octanol–water partition coefficient (Wildman–Crippen LogP) is 5.42. The molecule has 9 heteroatoms. The Kier molecular flexibility index (Phi) is 6.15. The van der Waals surface area contributed by atoms with Crippen molar-refractivity contribution in [3.8, 4) is 11.1 Å². The first-order valence-electron chi connectivity index (χ1n) is 12.2. The summed E-state index contributed by atoms with van der Waals surface area (Å²) < 4.78 is 69.5. The van der Waals surface area contributed by atoms with Gasteiger partial charge >= 0.3 is 0 Å². The molecule has 0 aliphatic rings. The van der Waals surface area contributed by atoms with Gasteiger partial charge in [0.1, 0.15) is 35.7 Å². The van der Waals surface area contributed by atoms with Crippen LogP contribution >= 0.6 is 11.6 Å². The van der Waals surface area contributed by atoms with Gasteiger partial charge in [-0.15, -0.1) is 0 Å². The fraction of sp³-hybridized carbons (Fsp3) is 0.231. The quantitative estimate of drug-likeness (QED) is 0.348. The molecule has 0 radical (unpaired) electrons. The second-order valence-corrected chi connectivity index (χ2v) is 8.69. The molecule has 0 aliphatic carbocycles. The number of halogens is 4. The maximum absolute atomic E-state index is 15.2. The monoisotopic (exact) mass is 503 g/mol. The Morgan fingerprint density at radius 2 is 1.80 bits per heavy atom. The first-order valence-corrected chi connectivity index (χ1v) is 11.1. The number of likely N-dealkylation sites (N-methyl/N-ethyl adjacent to an activating group) is 1. The van der Waals surface area contributed by atoms with E-state index >= 15 is 4.39 Å². The fourth-order valence-electron chi connectivity index (χ4n) is 3.92. The van der Waals surface area contributed by atoms with Crippen LogP contribution in [0.1, 0.15) is 22.2 Å². The van der Waals surface area contributed by atoms with E-state index in [0.717, 1.165) is 22.6 Å². The Balaban J connectivity index is 1.72. The molecule has 0 fully saturated rings. The van der Waals surface area contributed by atoms with Gasteiger partial charge in [0, 0.05) is 38.9 Å². The summed E-state index contributed by atoms with van der Waals surface area (Å²) >= 11 is 5.92. The van der Waals surface area contributed by atoms with E-state index in [4.69, 9.17) is 15.7 Å². The highest BCUT2D eigenvalue weighted by molar-refractivity contribution is 6.30. The van der Waals surface area contributed by atoms with Gasteiger partial charge in [-0.3, -0.25) is 4.90 Å². The van der Waals surface area contributed by atoms with Crippen molar-refractivity contribution < 1.29 is 22.4 Å². The maximum atomic E-state index is 15.2. The highest BCUT2D eigenvalue weighted by Gasteiger charge is 2.41. The second-order valence-electron chi connectivity index (χ2n) is 8.26. The molecule has 2 atom stereocenters. The van der Waals surface area contributed by atoms with Gasteiger partial charge in [0.25, 0.3) is 0 Å². The molecule has 3 aromatic carbocycles. The van der Waals surface area contributed by atoms with E-state index in [1.807, 2.05) is 0 Å². The van der Waals surface area contributed by atoms with Gasteiger partial charge in [-0.05, 0) is 49.3 Å². The molecule has 1 heterocycles. The number of rotatable bonds is 8. The molecule has 35 heavy (non-hydrogen) atoms. The number of benzene rings is 3. The summed E-state index contributed by atoms with van der Waals surface area (Å²) in [7, 11) is 0. The summed E-state index contributed by atoms with van der Waals surface area (Å²) in [4.78, 5) is 4.71. The van der Waals surface area contributed by atoms with Crippen LogP contribution in [-0.4, -0.2) is 37.8 Å². The summed E-state index contributed by atoms with van der Waals surface area (Å²) in [5, 5.41) is 16.3. The topological polar surface area (TPSA) is 54.2 Å². The number of nitrogens with zero attached hydrogens (tertiary/aromatic N) is 4. The Hall–Kier alpha value is -3.20. The van der Waals surface area contributed by atoms with Crippen LogP contribution < -0.4 is 0 Å². The fourth-order valence-corrected chi connectivity index (χ4v) is 4.05. The van der Waals surface area contributed by atoms with E-state index in [2.05, 4.69) is 10.1 Å². The lowest BCUT2D eigenvalue weighted by Crippen LogP contribution is -2.50. The van der Waals surface area contributed by atoms with Crippen LogP contribution in [0.25, 0.3) is 11.1 Å². The lowest BCUT2D eigenvalue weighted by atomic mass is 9.85. The molecule has 182 valence electrons. The van der Waals surface area contributed by atoms with Crippen molar-refractivity contribution in [2.75, 3.05) is 6.98 Å². The largest absolute Gasteiger partial charge is 0.381 e. The maximum Gasteiger partial charge on any atom is 0.137 e. The lowest BCUT2D eigenvalue weighted by Gasteiger charge is -2.40. The van der Waals surface area contributed by atoms with Crippen molar-refractivity contribution in [3.05, 3.63) is 107 Å². The van der Waals surface area contributed by atoms with Crippen molar-refractivity contribution in [2.24, 2.45) is 0 Å². The van der Waals surface area contributed by atoms with Crippen molar-refractivity contribution in [2.45, 2.75) is 31.7 Å². The van der Waals surface area contributed by atoms with Crippen LogP contribution in [0, 0.1) is 17.5 Å². The van der Waals surface area contributed by atoms with Gasteiger partial charge in [0.2, 0.25) is 0 Å². The van der Waals surface area contributed by atoms with Crippen molar-refractivity contribution in [3.63, 3.8) is 0 Å². The Morgan fingerprint density at radius 1 is 1.06 bits per heavy atom. The minimum Gasteiger partial charge on any atom is -0.381 e. The van der Waals surface area contributed by atoms with Crippen LogP contribution in [-0.2, 0) is 18.7 Å². The van der Waals surface area contributed by atoms with Gasteiger partial charge in [0.15, 0.2) is 0 Å². The van der Waals surface area contributed by atoms with E-state index in [9.17, 15) is 13.9 Å². The van der Waals surface area contributed by atoms with Crippen LogP contribution in [0.15, 0.2) is 73.3 Å². The standard InChI is InChI=1S/C26H24ClF3N4O/c1-17(26(35,14-34-16-31-15-32-34)23-10-9-22(28)12-25(23)30)33(2)13-20-4-3-19(11-24(20)29)18-5-7-21(27)8-6-18/h3-12,15-17,35H,13-14H2,1-2H3/t17-,26-/m1/s1/i2D3. The van der Waals surface area contributed by atoms with Gasteiger partial charge in [-0.2, -0.15) is 5.10 Å². The number of aliphatic hydroxyl groups is 1. The predicted molar refractivity (Wildman–Crippen MR) is 128 cm³/mol. The zero-order chi connectivity index (χ0) is 27.7. The van der Waals surface area contributed by atoms with Gasteiger partial charge in [0.05, 0.1) is 6.54 Å². The van der Waals surface area contributed by atoms with Crippen LogP contribution in [0.4, 0.5) is 13.2 Å². The minimum atomic E-state index is -2.83. The van der Waals surface area contributed by atoms with Crippen molar-refractivity contribution in [1.29, 1.82) is 0 Å². The SMILES string of the molecule is [2H]C([2H])([2H])N(Cc1ccc(-c2ccc(Cl)cc2)cc1F)[C@H](C)[C@](O)(Cn1cncn1)c1ccc(F)cc1F. The zero-order valence-corrected chi connectivity index (χ0v) is 19.4. The second kappa shape index (κ2) is 10.2. The lowest BCUT2D eigenvalue weighted by molar-refractivity contribution is -0.0593. The van der Waals surface area contributed by atoms with Crippen LogP contribution in [0.3, 0.4) is 0 Å². The van der Waals surface area contributed by atoms with Crippen molar-refractivity contribution in [1.82, 2.24) is 19.7 Å². The summed E-state index contributed by atoms with van der Waals surface area (Å²) in [6, 6.07) is 12.5. The highest BCUT2D eigenvalue weighted by atomic mass is 35.5. The van der Waals surface area contributed by atoms with Crippen LogP contribution in [0.2, 0.25) is 5.02 Å². The molecule has 0 aliphatic heterocycles. The Labute approximate surface area is 210 Å². The normalized spacial score (nSPS) is 15.8.